The van der Waals surface area contributed by atoms with Crippen molar-refractivity contribution < 1.29 is 9.53 Å². The molecule has 0 amide bonds. The second-order valence-electron chi connectivity index (χ2n) is 3.74. The summed E-state index contributed by atoms with van der Waals surface area (Å²) in [5, 5.41) is -0.0103. The predicted molar refractivity (Wildman–Crippen MR) is 80.6 cm³/mol. The van der Waals surface area contributed by atoms with Crippen LogP contribution < -0.4 is 4.74 Å². The minimum atomic E-state index is -0.798. The fourth-order valence-electron chi connectivity index (χ4n) is 1.48. The van der Waals surface area contributed by atoms with Gasteiger partial charge in [-0.05, 0) is 46.3 Å². The molecule has 0 saturated carbocycles. The molecule has 5 heteroatoms. The Hall–Kier alpha value is -1.03. The van der Waals surface area contributed by atoms with Gasteiger partial charge in [-0.3, -0.25) is 4.79 Å². The van der Waals surface area contributed by atoms with Crippen LogP contribution in [0.1, 0.15) is 10.4 Å². The smallest absolute Gasteiger partial charge is 0.215 e. The first kappa shape index (κ1) is 14.4. The highest BCUT2D eigenvalue weighted by Gasteiger charge is 2.21. The highest BCUT2D eigenvalue weighted by Crippen LogP contribution is 2.25. The number of benzene rings is 2. The molecule has 0 N–H and O–H groups in total. The third-order valence-corrected chi connectivity index (χ3v) is 3.54. The van der Waals surface area contributed by atoms with Crippen molar-refractivity contribution in [3.8, 4) is 5.75 Å². The minimum absolute atomic E-state index is 0.259. The van der Waals surface area contributed by atoms with Gasteiger partial charge in [0.2, 0.25) is 10.8 Å². The van der Waals surface area contributed by atoms with E-state index in [1.165, 1.54) is 6.07 Å². The van der Waals surface area contributed by atoms with Crippen LogP contribution >= 0.6 is 39.1 Å². The van der Waals surface area contributed by atoms with Gasteiger partial charge in [-0.2, -0.15) is 0 Å². The number of Topliss-reactive ketones (excluding diaryl/α,β-unsaturated/α-hetero) is 1. The van der Waals surface area contributed by atoms with Gasteiger partial charge in [-0.25, -0.2) is 0 Å². The lowest BCUT2D eigenvalue weighted by Gasteiger charge is -2.13. The molecular formula is C14H9BrCl2O2. The zero-order chi connectivity index (χ0) is 13.8. The number of hydrogen-bond acceptors (Lipinski definition) is 2. The van der Waals surface area contributed by atoms with E-state index in [-0.39, 0.29) is 5.78 Å². The highest BCUT2D eigenvalue weighted by atomic mass is 79.9. The van der Waals surface area contributed by atoms with E-state index in [1.807, 2.05) is 18.2 Å². The van der Waals surface area contributed by atoms with Crippen LogP contribution in [-0.4, -0.2) is 10.8 Å². The van der Waals surface area contributed by atoms with Gasteiger partial charge in [0.15, 0.2) is 0 Å². The maximum absolute atomic E-state index is 12.2. The van der Waals surface area contributed by atoms with Crippen molar-refractivity contribution in [1.29, 1.82) is 0 Å². The van der Waals surface area contributed by atoms with Crippen LogP contribution in [0.25, 0.3) is 0 Å². The zero-order valence-electron chi connectivity index (χ0n) is 9.65. The van der Waals surface area contributed by atoms with Crippen molar-refractivity contribution >= 4 is 44.9 Å². The van der Waals surface area contributed by atoms with E-state index in [9.17, 15) is 4.79 Å². The number of carbonyl (C=O) groups excluding carboxylic acids is 1. The Morgan fingerprint density at radius 1 is 1.11 bits per heavy atom. The van der Waals surface area contributed by atoms with E-state index >= 15 is 0 Å². The molecule has 0 aromatic heterocycles. The number of ether oxygens (including phenoxy) is 1. The monoisotopic (exact) mass is 358 g/mol. The largest absolute Gasteiger partial charge is 0.471 e. The van der Waals surface area contributed by atoms with Gasteiger partial charge in [0.25, 0.3) is 0 Å². The number of halogens is 3. The van der Waals surface area contributed by atoms with Gasteiger partial charge in [0, 0.05) is 10.6 Å². The molecule has 2 rings (SSSR count). The molecule has 0 radical (unpaired) electrons. The van der Waals surface area contributed by atoms with Crippen LogP contribution in [0.15, 0.2) is 48.5 Å². The van der Waals surface area contributed by atoms with Gasteiger partial charge in [0.05, 0.1) is 5.02 Å². The molecule has 0 aliphatic heterocycles. The van der Waals surface area contributed by atoms with E-state index in [0.717, 1.165) is 0 Å². The second-order valence-corrected chi connectivity index (χ2v) is 5.41. The highest BCUT2D eigenvalue weighted by molar-refractivity contribution is 9.09. The molecule has 2 aromatic carbocycles. The van der Waals surface area contributed by atoms with Crippen LogP contribution in [0, 0.1) is 0 Å². The van der Waals surface area contributed by atoms with Gasteiger partial charge in [0.1, 0.15) is 5.75 Å². The molecule has 0 heterocycles. The van der Waals surface area contributed by atoms with Crippen molar-refractivity contribution in [3.05, 3.63) is 64.1 Å². The lowest BCUT2D eigenvalue weighted by atomic mass is 10.1. The molecule has 0 fully saturated rings. The summed E-state index contributed by atoms with van der Waals surface area (Å²) in [5.74, 6) is 0.341. The summed E-state index contributed by atoms with van der Waals surface area (Å²) >= 11 is 15.0. The van der Waals surface area contributed by atoms with Crippen molar-refractivity contribution in [2.45, 2.75) is 5.01 Å². The number of para-hydroxylation sites is 1. The lowest BCUT2D eigenvalue weighted by Crippen LogP contribution is -2.21. The van der Waals surface area contributed by atoms with Gasteiger partial charge < -0.3 is 4.74 Å². The third kappa shape index (κ3) is 3.72. The van der Waals surface area contributed by atoms with E-state index in [2.05, 4.69) is 15.9 Å². The molecule has 0 aliphatic rings. The van der Waals surface area contributed by atoms with E-state index in [1.54, 1.807) is 24.3 Å². The number of rotatable bonds is 4. The molecule has 0 aliphatic carbocycles. The molecule has 0 bridgehead atoms. The van der Waals surface area contributed by atoms with Crippen molar-refractivity contribution in [1.82, 2.24) is 0 Å². The van der Waals surface area contributed by atoms with Crippen molar-refractivity contribution in [3.63, 3.8) is 0 Å². The normalized spacial score (nSPS) is 11.9. The summed E-state index contributed by atoms with van der Waals surface area (Å²) in [4.78, 5) is 12.2. The maximum atomic E-state index is 12.2. The van der Waals surface area contributed by atoms with Gasteiger partial charge in [-0.1, -0.05) is 41.4 Å². The first-order chi connectivity index (χ1) is 9.08. The average Bonchev–Trinajstić information content (AvgIpc) is 2.39. The van der Waals surface area contributed by atoms with Gasteiger partial charge >= 0.3 is 0 Å². The number of hydrogen-bond donors (Lipinski definition) is 0. The Morgan fingerprint density at radius 2 is 1.79 bits per heavy atom. The summed E-state index contributed by atoms with van der Waals surface area (Å²) in [5.41, 5.74) is 0.365. The van der Waals surface area contributed by atoms with Crippen LogP contribution in [0.3, 0.4) is 0 Å². The van der Waals surface area contributed by atoms with Crippen LogP contribution in [0.5, 0.6) is 5.75 Å². The Balaban J connectivity index is 2.15. The summed E-state index contributed by atoms with van der Waals surface area (Å²) < 4.78 is 5.49. The Morgan fingerprint density at radius 3 is 2.42 bits per heavy atom. The molecule has 1 unspecified atom stereocenters. The van der Waals surface area contributed by atoms with Crippen LogP contribution in [-0.2, 0) is 0 Å². The molecule has 2 aromatic rings. The van der Waals surface area contributed by atoms with Crippen molar-refractivity contribution in [2.75, 3.05) is 0 Å². The van der Waals surface area contributed by atoms with Crippen LogP contribution in [0.4, 0.5) is 0 Å². The second kappa shape index (κ2) is 6.42. The average molecular weight is 360 g/mol. The number of alkyl halides is 1. The fraction of sp³-hybridized carbons (Fsp3) is 0.0714. The molecule has 2 nitrogen and oxygen atoms in total. The van der Waals surface area contributed by atoms with Crippen LogP contribution in [0.2, 0.25) is 10.0 Å². The Labute approximate surface area is 129 Å². The minimum Gasteiger partial charge on any atom is -0.471 e. The summed E-state index contributed by atoms with van der Waals surface area (Å²) in [6.45, 7) is 0. The molecule has 98 valence electrons. The van der Waals surface area contributed by atoms with Crippen molar-refractivity contribution in [2.24, 2.45) is 0 Å². The summed E-state index contributed by atoms with van der Waals surface area (Å²) in [6.07, 6.45) is 0. The summed E-state index contributed by atoms with van der Waals surface area (Å²) in [7, 11) is 0. The Kier molecular flexibility index (Phi) is 4.86. The molecular weight excluding hydrogens is 351 g/mol. The summed E-state index contributed by atoms with van der Waals surface area (Å²) in [6, 6.07) is 13.8. The molecule has 1 atom stereocenters. The zero-order valence-corrected chi connectivity index (χ0v) is 12.7. The quantitative estimate of drug-likeness (QED) is 0.568. The molecule has 0 saturated heterocycles. The van der Waals surface area contributed by atoms with Gasteiger partial charge in [-0.15, -0.1) is 0 Å². The SMILES string of the molecule is O=C(c1ccc(Cl)cc1Cl)C(Br)Oc1ccccc1. The fourth-order valence-corrected chi connectivity index (χ4v) is 2.45. The predicted octanol–water partition coefficient (Wildman–Crippen LogP) is 4.98. The number of ketones is 1. The Bertz CT molecular complexity index is 587. The van der Waals surface area contributed by atoms with E-state index in [0.29, 0.717) is 21.4 Å². The third-order valence-electron chi connectivity index (χ3n) is 2.39. The topological polar surface area (TPSA) is 26.3 Å². The van der Waals surface area contributed by atoms with E-state index in [4.69, 9.17) is 27.9 Å². The molecule has 0 spiro atoms. The number of carbonyl (C=O) groups is 1. The molecule has 19 heavy (non-hydrogen) atoms. The standard InChI is InChI=1S/C14H9BrCl2O2/c15-14(19-10-4-2-1-3-5-10)13(18)11-7-6-9(16)8-12(11)17/h1-8,14H. The lowest BCUT2D eigenvalue weighted by molar-refractivity contribution is 0.0897. The first-order valence-corrected chi connectivity index (χ1v) is 7.10. The van der Waals surface area contributed by atoms with E-state index < -0.39 is 5.01 Å². The first-order valence-electron chi connectivity index (χ1n) is 5.43. The maximum Gasteiger partial charge on any atom is 0.215 e.